The molecule has 1 atom stereocenters. The molecule has 2 N–H and O–H groups in total. The topological polar surface area (TPSA) is 67.8 Å². The van der Waals surface area contributed by atoms with E-state index in [0.717, 1.165) is 11.1 Å². The number of aliphatic hydroxyl groups excluding tert-OH is 1. The number of carbonyl (C=O) groups excluding carboxylic acids is 1. The van der Waals surface area contributed by atoms with Crippen molar-refractivity contribution in [1.29, 1.82) is 0 Å². The van der Waals surface area contributed by atoms with Gasteiger partial charge in [0.05, 0.1) is 7.11 Å². The van der Waals surface area contributed by atoms with Crippen LogP contribution in [0.3, 0.4) is 0 Å². The monoisotopic (exact) mass is 385 g/mol. The summed E-state index contributed by atoms with van der Waals surface area (Å²) < 4.78 is 23.6. The number of aryl methyl sites for hydroxylation is 1. The molecule has 28 heavy (non-hydrogen) atoms. The number of nitrogens with one attached hydrogen (secondary N) is 1. The number of aliphatic hydroxyl groups is 1. The molecular formula is C22H24FNO4. The van der Waals surface area contributed by atoms with Gasteiger partial charge in [0, 0.05) is 6.54 Å². The molecule has 0 saturated heterocycles. The minimum Gasteiger partial charge on any atom is -0.493 e. The molecule has 0 aliphatic heterocycles. The number of hydrogen-bond acceptors (Lipinski definition) is 4. The van der Waals surface area contributed by atoms with Gasteiger partial charge in [-0.1, -0.05) is 24.1 Å². The zero-order chi connectivity index (χ0) is 20.4. The Morgan fingerprint density at radius 3 is 2.57 bits per heavy atom. The summed E-state index contributed by atoms with van der Waals surface area (Å²) in [6, 6.07) is 11.5. The first-order valence-corrected chi connectivity index (χ1v) is 8.97. The number of benzene rings is 2. The van der Waals surface area contributed by atoms with Crippen molar-refractivity contribution in [2.45, 2.75) is 25.4 Å². The first-order chi connectivity index (χ1) is 13.5. The number of halogens is 1. The number of ether oxygens (including phenoxy) is 2. The molecule has 148 valence electrons. The molecule has 0 aliphatic rings. The Balaban J connectivity index is 1.77. The van der Waals surface area contributed by atoms with Crippen molar-refractivity contribution >= 4 is 5.91 Å². The summed E-state index contributed by atoms with van der Waals surface area (Å²) in [5.41, 5.74) is 1.82. The summed E-state index contributed by atoms with van der Waals surface area (Å²) >= 11 is 0. The second-order valence-corrected chi connectivity index (χ2v) is 6.20. The Bertz CT molecular complexity index is 814. The van der Waals surface area contributed by atoms with E-state index in [9.17, 15) is 14.3 Å². The molecular weight excluding hydrogens is 361 g/mol. The van der Waals surface area contributed by atoms with Gasteiger partial charge in [0.15, 0.2) is 11.5 Å². The smallest absolute Gasteiger partial charge is 0.248 e. The Morgan fingerprint density at radius 2 is 1.89 bits per heavy atom. The van der Waals surface area contributed by atoms with Gasteiger partial charge < -0.3 is 19.9 Å². The number of methoxy groups -OCH3 is 1. The van der Waals surface area contributed by atoms with E-state index in [4.69, 9.17) is 15.9 Å². The lowest BCUT2D eigenvalue weighted by molar-refractivity contribution is -0.129. The van der Waals surface area contributed by atoms with Crippen LogP contribution in [0.15, 0.2) is 42.5 Å². The highest BCUT2D eigenvalue weighted by molar-refractivity contribution is 5.80. The Morgan fingerprint density at radius 1 is 1.18 bits per heavy atom. The molecule has 2 aromatic rings. The van der Waals surface area contributed by atoms with Gasteiger partial charge in [-0.05, 0) is 54.7 Å². The molecule has 5 nitrogen and oxygen atoms in total. The molecule has 0 saturated carbocycles. The second kappa shape index (κ2) is 11.0. The number of amides is 1. The van der Waals surface area contributed by atoms with Crippen LogP contribution in [0.25, 0.3) is 0 Å². The van der Waals surface area contributed by atoms with Crippen molar-refractivity contribution in [3.8, 4) is 23.8 Å². The van der Waals surface area contributed by atoms with Crippen molar-refractivity contribution in [1.82, 2.24) is 5.32 Å². The summed E-state index contributed by atoms with van der Waals surface area (Å²) in [6.45, 7) is 0.529. The molecule has 0 aromatic heterocycles. The van der Waals surface area contributed by atoms with Crippen LogP contribution >= 0.6 is 0 Å². The van der Waals surface area contributed by atoms with Gasteiger partial charge in [0.25, 0.3) is 0 Å². The van der Waals surface area contributed by atoms with Crippen LogP contribution in [0.2, 0.25) is 0 Å². The zero-order valence-corrected chi connectivity index (χ0v) is 15.8. The maximum atomic E-state index is 12.9. The number of terminal acetylenes is 1. The molecule has 0 bridgehead atoms. The molecule has 0 radical (unpaired) electrons. The Labute approximate surface area is 164 Å². The van der Waals surface area contributed by atoms with Crippen LogP contribution < -0.4 is 14.8 Å². The van der Waals surface area contributed by atoms with Crippen LogP contribution in [-0.4, -0.2) is 37.4 Å². The first kappa shape index (κ1) is 21.3. The average molecular weight is 385 g/mol. The second-order valence-electron chi connectivity index (χ2n) is 6.20. The fourth-order valence-corrected chi connectivity index (χ4v) is 2.64. The third-order valence-corrected chi connectivity index (χ3v) is 4.17. The van der Waals surface area contributed by atoms with E-state index >= 15 is 0 Å². The Kier molecular flexibility index (Phi) is 8.32. The normalized spacial score (nSPS) is 11.4. The van der Waals surface area contributed by atoms with Gasteiger partial charge in [-0.3, -0.25) is 4.79 Å². The van der Waals surface area contributed by atoms with Gasteiger partial charge in [-0.25, -0.2) is 4.39 Å². The maximum absolute atomic E-state index is 12.9. The molecule has 1 unspecified atom stereocenters. The summed E-state index contributed by atoms with van der Waals surface area (Å²) in [6.07, 6.45) is 5.41. The fraction of sp³-hybridized carbons (Fsp3) is 0.318. The van der Waals surface area contributed by atoms with Gasteiger partial charge in [-0.15, -0.1) is 6.42 Å². The van der Waals surface area contributed by atoms with Gasteiger partial charge in [-0.2, -0.15) is 0 Å². The van der Waals surface area contributed by atoms with Gasteiger partial charge in [0.1, 0.15) is 18.5 Å². The average Bonchev–Trinajstić information content (AvgIpc) is 2.71. The van der Waals surface area contributed by atoms with Crippen molar-refractivity contribution in [3.63, 3.8) is 0 Å². The van der Waals surface area contributed by atoms with Crippen molar-refractivity contribution in [2.75, 3.05) is 20.3 Å². The molecule has 0 aliphatic carbocycles. The van der Waals surface area contributed by atoms with Crippen LogP contribution in [0.4, 0.5) is 4.39 Å². The highest BCUT2D eigenvalue weighted by Crippen LogP contribution is 2.28. The number of hydrogen-bond donors (Lipinski definition) is 2. The van der Waals surface area contributed by atoms with E-state index in [1.54, 1.807) is 25.3 Å². The first-order valence-electron chi connectivity index (χ1n) is 8.97. The van der Waals surface area contributed by atoms with E-state index in [1.165, 1.54) is 12.1 Å². The largest absolute Gasteiger partial charge is 0.493 e. The Hall–Kier alpha value is -3.04. The minimum absolute atomic E-state index is 0.154. The summed E-state index contributed by atoms with van der Waals surface area (Å²) in [7, 11) is 1.54. The third kappa shape index (κ3) is 6.60. The molecule has 0 spiro atoms. The molecule has 2 aromatic carbocycles. The van der Waals surface area contributed by atoms with Gasteiger partial charge in [0.2, 0.25) is 5.91 Å². The van der Waals surface area contributed by atoms with E-state index in [-0.39, 0.29) is 18.8 Å². The third-order valence-electron chi connectivity index (χ3n) is 4.17. The highest BCUT2D eigenvalue weighted by atomic mass is 19.1. The van der Waals surface area contributed by atoms with Crippen LogP contribution in [-0.2, 0) is 17.6 Å². The van der Waals surface area contributed by atoms with E-state index in [0.29, 0.717) is 30.9 Å². The number of rotatable bonds is 10. The summed E-state index contributed by atoms with van der Waals surface area (Å²) in [5, 5.41) is 12.7. The molecule has 6 heteroatoms. The lowest BCUT2D eigenvalue weighted by atomic mass is 10.1. The zero-order valence-electron chi connectivity index (χ0n) is 15.8. The highest BCUT2D eigenvalue weighted by Gasteiger charge is 2.14. The lowest BCUT2D eigenvalue weighted by Crippen LogP contribution is -2.36. The SMILES string of the molecule is C#CCOc1ccc(CCNC(=O)C(O)CCc2ccc(F)cc2)cc1OC. The number of carbonyl (C=O) groups is 1. The summed E-state index contributed by atoms with van der Waals surface area (Å²) in [4.78, 5) is 12.0. The van der Waals surface area contributed by atoms with E-state index in [1.807, 2.05) is 12.1 Å². The van der Waals surface area contributed by atoms with Crippen LogP contribution in [0.5, 0.6) is 11.5 Å². The van der Waals surface area contributed by atoms with E-state index < -0.39 is 12.0 Å². The molecule has 1 amide bonds. The van der Waals surface area contributed by atoms with E-state index in [2.05, 4.69) is 11.2 Å². The van der Waals surface area contributed by atoms with Gasteiger partial charge >= 0.3 is 0 Å². The quantitative estimate of drug-likeness (QED) is 0.617. The molecule has 0 fully saturated rings. The predicted molar refractivity (Wildman–Crippen MR) is 105 cm³/mol. The van der Waals surface area contributed by atoms with Crippen molar-refractivity contribution < 1.29 is 23.8 Å². The lowest BCUT2D eigenvalue weighted by Gasteiger charge is -2.13. The molecule has 0 heterocycles. The minimum atomic E-state index is -1.11. The standard InChI is InChI=1S/C22H24FNO4/c1-3-14-28-20-11-7-17(15-21(20)27-2)12-13-24-22(26)19(25)10-6-16-4-8-18(23)9-5-16/h1,4-5,7-9,11,15,19,25H,6,10,12-14H2,2H3,(H,24,26). The maximum Gasteiger partial charge on any atom is 0.248 e. The molecule has 2 rings (SSSR count). The fourth-order valence-electron chi connectivity index (χ4n) is 2.64. The van der Waals surface area contributed by atoms with Crippen molar-refractivity contribution in [3.05, 3.63) is 59.4 Å². The summed E-state index contributed by atoms with van der Waals surface area (Å²) in [5.74, 6) is 2.79. The van der Waals surface area contributed by atoms with Crippen LogP contribution in [0, 0.1) is 18.2 Å². The predicted octanol–water partition coefficient (Wildman–Crippen LogP) is 2.50. The van der Waals surface area contributed by atoms with Crippen molar-refractivity contribution in [2.24, 2.45) is 0 Å². The van der Waals surface area contributed by atoms with Crippen LogP contribution in [0.1, 0.15) is 17.5 Å².